The Bertz CT molecular complexity index is 1220. The first-order valence-electron chi connectivity index (χ1n) is 10.3. The second kappa shape index (κ2) is 7.24. The number of benzene rings is 4. The van der Waals surface area contributed by atoms with Gasteiger partial charge >= 0.3 is 0 Å². The van der Waals surface area contributed by atoms with E-state index < -0.39 is 12.2 Å². The van der Waals surface area contributed by atoms with E-state index >= 15 is 0 Å². The maximum absolute atomic E-state index is 11.4. The van der Waals surface area contributed by atoms with Gasteiger partial charge in [0.05, 0.1) is 0 Å². The van der Waals surface area contributed by atoms with E-state index in [0.29, 0.717) is 0 Å². The number of rotatable bonds is 2. The Morgan fingerprint density at radius 3 is 1.67 bits per heavy atom. The van der Waals surface area contributed by atoms with Gasteiger partial charge < -0.3 is 10.2 Å². The highest BCUT2D eigenvalue weighted by molar-refractivity contribution is 5.88. The molecule has 2 atom stereocenters. The lowest BCUT2D eigenvalue weighted by atomic mass is 9.76. The van der Waals surface area contributed by atoms with Gasteiger partial charge in [-0.25, -0.2) is 0 Å². The Morgan fingerprint density at radius 2 is 1.07 bits per heavy atom. The van der Waals surface area contributed by atoms with Crippen molar-refractivity contribution < 1.29 is 10.2 Å². The van der Waals surface area contributed by atoms with E-state index in [0.717, 1.165) is 44.5 Å². The lowest BCUT2D eigenvalue weighted by Gasteiger charge is -2.32. The third-order valence-corrected chi connectivity index (χ3v) is 6.14. The van der Waals surface area contributed by atoms with E-state index in [4.69, 9.17) is 0 Å². The van der Waals surface area contributed by atoms with Crippen LogP contribution in [-0.4, -0.2) is 10.2 Å². The summed E-state index contributed by atoms with van der Waals surface area (Å²) in [7, 11) is 0. The third kappa shape index (κ3) is 2.97. The molecule has 1 aliphatic rings. The molecule has 1 aliphatic carbocycles. The third-order valence-electron chi connectivity index (χ3n) is 6.14. The van der Waals surface area contributed by atoms with Crippen molar-refractivity contribution in [1.29, 1.82) is 0 Å². The molecule has 0 spiro atoms. The zero-order valence-corrected chi connectivity index (χ0v) is 17.1. The fraction of sp³-hybridized carbons (Fsp3) is 0.143. The molecule has 0 amide bonds. The van der Waals surface area contributed by atoms with Crippen LogP contribution < -0.4 is 0 Å². The number of hydrogen-bond donors (Lipinski definition) is 2. The highest BCUT2D eigenvalue weighted by Crippen LogP contribution is 2.48. The van der Waals surface area contributed by atoms with Gasteiger partial charge in [0.2, 0.25) is 0 Å². The molecule has 0 fully saturated rings. The Morgan fingerprint density at radius 1 is 0.533 bits per heavy atom. The summed E-state index contributed by atoms with van der Waals surface area (Å²) in [4.78, 5) is 0. The average molecular weight is 392 g/mol. The lowest BCUT2D eigenvalue weighted by Crippen LogP contribution is -2.19. The van der Waals surface area contributed by atoms with Gasteiger partial charge in [-0.3, -0.25) is 0 Å². The van der Waals surface area contributed by atoms with E-state index in [2.05, 4.69) is 68.4 Å². The summed E-state index contributed by atoms with van der Waals surface area (Å²) < 4.78 is 0. The van der Waals surface area contributed by atoms with Crippen LogP contribution in [0.2, 0.25) is 0 Å². The molecule has 2 heteroatoms. The van der Waals surface area contributed by atoms with Crippen molar-refractivity contribution in [2.24, 2.45) is 0 Å². The van der Waals surface area contributed by atoms with Gasteiger partial charge in [-0.15, -0.1) is 0 Å². The summed E-state index contributed by atoms with van der Waals surface area (Å²) in [6, 6.07) is 28.5. The molecular formula is C28H24O2. The van der Waals surface area contributed by atoms with Crippen LogP contribution in [0.25, 0.3) is 22.3 Å². The molecule has 2 nitrogen and oxygen atoms in total. The van der Waals surface area contributed by atoms with Crippen LogP contribution in [0.1, 0.15) is 45.6 Å². The summed E-state index contributed by atoms with van der Waals surface area (Å²) >= 11 is 0. The maximum Gasteiger partial charge on any atom is 0.105 e. The van der Waals surface area contributed by atoms with Gasteiger partial charge in [-0.2, -0.15) is 0 Å². The van der Waals surface area contributed by atoms with E-state index in [9.17, 15) is 10.2 Å². The Labute approximate surface area is 177 Å². The fourth-order valence-electron chi connectivity index (χ4n) is 4.51. The molecule has 0 aliphatic heterocycles. The van der Waals surface area contributed by atoms with Gasteiger partial charge in [-0.05, 0) is 58.4 Å². The first-order valence-corrected chi connectivity index (χ1v) is 10.3. The van der Waals surface area contributed by atoms with Gasteiger partial charge in [-0.1, -0.05) is 96.1 Å². The van der Waals surface area contributed by atoms with Crippen molar-refractivity contribution >= 4 is 0 Å². The van der Waals surface area contributed by atoms with Gasteiger partial charge in [0, 0.05) is 0 Å². The summed E-state index contributed by atoms with van der Waals surface area (Å²) in [6.45, 7) is 4.15. The predicted octanol–water partition coefficient (Wildman–Crippen LogP) is 6.11. The number of aliphatic hydroxyl groups excluding tert-OH is 2. The molecule has 4 aromatic rings. The summed E-state index contributed by atoms with van der Waals surface area (Å²) in [6.07, 6.45) is -1.54. The van der Waals surface area contributed by atoms with E-state index in [-0.39, 0.29) is 0 Å². The van der Waals surface area contributed by atoms with Crippen molar-refractivity contribution in [2.45, 2.75) is 26.1 Å². The van der Waals surface area contributed by atoms with Crippen LogP contribution in [-0.2, 0) is 0 Å². The van der Waals surface area contributed by atoms with Gasteiger partial charge in [0.1, 0.15) is 12.2 Å². The molecule has 0 radical (unpaired) electrons. The molecule has 148 valence electrons. The zero-order valence-electron chi connectivity index (χ0n) is 17.1. The van der Waals surface area contributed by atoms with E-state index in [1.54, 1.807) is 0 Å². The van der Waals surface area contributed by atoms with Crippen LogP contribution in [0, 0.1) is 13.8 Å². The molecule has 0 heterocycles. The normalized spacial score (nSPS) is 17.3. The van der Waals surface area contributed by atoms with Crippen LogP contribution in [0.15, 0.2) is 84.9 Å². The average Bonchev–Trinajstić information content (AvgIpc) is 2.78. The Hall–Kier alpha value is -3.20. The molecule has 2 unspecified atom stereocenters. The molecule has 0 bridgehead atoms. The minimum Gasteiger partial charge on any atom is -0.384 e. The summed E-state index contributed by atoms with van der Waals surface area (Å²) in [5.74, 6) is 0. The minimum absolute atomic E-state index is 0.754. The zero-order chi connectivity index (χ0) is 20.8. The summed E-state index contributed by atoms with van der Waals surface area (Å²) in [5, 5.41) is 22.6. The highest BCUT2D eigenvalue weighted by atomic mass is 16.3. The number of fused-ring (bicyclic) bond motifs is 2. The second-order valence-corrected chi connectivity index (χ2v) is 8.16. The quantitative estimate of drug-likeness (QED) is 0.432. The van der Waals surface area contributed by atoms with Crippen molar-refractivity contribution in [3.8, 4) is 22.3 Å². The second-order valence-electron chi connectivity index (χ2n) is 8.16. The lowest BCUT2D eigenvalue weighted by molar-refractivity contribution is 0.174. The fourth-order valence-corrected chi connectivity index (χ4v) is 4.51. The topological polar surface area (TPSA) is 40.5 Å². The first-order chi connectivity index (χ1) is 14.5. The van der Waals surface area contributed by atoms with Crippen LogP contribution >= 0.6 is 0 Å². The van der Waals surface area contributed by atoms with E-state index in [1.165, 1.54) is 11.1 Å². The Kier molecular flexibility index (Phi) is 4.54. The molecular weight excluding hydrogens is 368 g/mol. The maximum atomic E-state index is 11.4. The predicted molar refractivity (Wildman–Crippen MR) is 121 cm³/mol. The molecule has 0 aromatic heterocycles. The first kappa shape index (κ1) is 18.8. The minimum atomic E-state index is -0.790. The van der Waals surface area contributed by atoms with Crippen molar-refractivity contribution in [3.63, 3.8) is 0 Å². The molecule has 30 heavy (non-hydrogen) atoms. The molecule has 5 rings (SSSR count). The number of aryl methyl sites for hydroxylation is 2. The van der Waals surface area contributed by atoms with Crippen LogP contribution in [0.3, 0.4) is 0 Å². The summed E-state index contributed by atoms with van der Waals surface area (Å²) in [5.41, 5.74) is 9.68. The van der Waals surface area contributed by atoms with Gasteiger partial charge in [0.25, 0.3) is 0 Å². The standard InChI is InChI=1S/C28H24O2/c1-17-7-11-19(12-8-17)21-15-16-24-26(25(21)20-13-9-18(2)10-14-20)28(30)23-6-4-3-5-22(23)27(24)29/h3-16,27-30H,1-2H3. The smallest absolute Gasteiger partial charge is 0.105 e. The van der Waals surface area contributed by atoms with Crippen molar-refractivity contribution in [2.75, 3.05) is 0 Å². The monoisotopic (exact) mass is 392 g/mol. The highest BCUT2D eigenvalue weighted by Gasteiger charge is 2.33. The molecule has 0 saturated heterocycles. The molecule has 0 saturated carbocycles. The van der Waals surface area contributed by atoms with E-state index in [1.807, 2.05) is 30.3 Å². The van der Waals surface area contributed by atoms with Crippen molar-refractivity contribution in [3.05, 3.63) is 118 Å². The number of hydrogen-bond acceptors (Lipinski definition) is 2. The largest absolute Gasteiger partial charge is 0.384 e. The van der Waals surface area contributed by atoms with Crippen LogP contribution in [0.4, 0.5) is 0 Å². The van der Waals surface area contributed by atoms with Crippen molar-refractivity contribution in [1.82, 2.24) is 0 Å². The SMILES string of the molecule is Cc1ccc(-c2ccc3c(c2-c2ccc(C)cc2)C(O)c2ccccc2C3O)cc1. The number of aliphatic hydroxyl groups is 2. The van der Waals surface area contributed by atoms with Crippen LogP contribution in [0.5, 0.6) is 0 Å². The molecule has 4 aromatic carbocycles. The Balaban J connectivity index is 1.82. The van der Waals surface area contributed by atoms with Gasteiger partial charge in [0.15, 0.2) is 0 Å². The molecule has 2 N–H and O–H groups in total.